The Bertz CT molecular complexity index is 787. The van der Waals surface area contributed by atoms with Crippen LogP contribution in [0.15, 0.2) is 23.8 Å². The lowest BCUT2D eigenvalue weighted by molar-refractivity contribution is -0.360. The summed E-state index contributed by atoms with van der Waals surface area (Å²) in [7, 11) is 0. The van der Waals surface area contributed by atoms with E-state index in [-0.39, 0.29) is 12.1 Å². The van der Waals surface area contributed by atoms with Crippen molar-refractivity contribution in [3.05, 3.63) is 40.5 Å². The van der Waals surface area contributed by atoms with Crippen molar-refractivity contribution in [1.29, 1.82) is 10.5 Å². The molecule has 0 atom stereocenters. The van der Waals surface area contributed by atoms with Crippen LogP contribution in [0.2, 0.25) is 0 Å². The number of allylic oxidation sites excluding steroid dienone is 1. The molecule has 26 heavy (non-hydrogen) atoms. The zero-order valence-corrected chi connectivity index (χ0v) is 12.0. The van der Waals surface area contributed by atoms with E-state index in [1.807, 2.05) is 0 Å². The zero-order valence-electron chi connectivity index (χ0n) is 12.0. The second-order valence-electron chi connectivity index (χ2n) is 4.73. The van der Waals surface area contributed by atoms with Crippen molar-refractivity contribution in [2.75, 3.05) is 0 Å². The number of hydrogen-bond acceptors (Lipinski definition) is 2. The van der Waals surface area contributed by atoms with Crippen LogP contribution in [0.1, 0.15) is 16.7 Å². The number of halogens is 10. The molecule has 0 heterocycles. The third-order valence-corrected chi connectivity index (χ3v) is 2.99. The molecule has 0 saturated heterocycles. The maximum absolute atomic E-state index is 13.8. The van der Waals surface area contributed by atoms with Gasteiger partial charge in [-0.2, -0.15) is 54.4 Å². The van der Waals surface area contributed by atoms with E-state index in [0.29, 0.717) is 12.1 Å². The Balaban J connectivity index is 3.79. The average Bonchev–Trinajstić information content (AvgIpc) is 2.50. The topological polar surface area (TPSA) is 47.6 Å². The molecule has 0 aromatic heterocycles. The molecule has 1 rings (SSSR count). The maximum atomic E-state index is 13.8. The van der Waals surface area contributed by atoms with E-state index in [2.05, 4.69) is 0 Å². The molecule has 0 aliphatic rings. The molecule has 0 amide bonds. The first-order valence-electron chi connectivity index (χ1n) is 6.15. The number of benzene rings is 1. The van der Waals surface area contributed by atoms with Crippen LogP contribution in [0.5, 0.6) is 0 Å². The molecule has 12 heteroatoms. The van der Waals surface area contributed by atoms with Gasteiger partial charge < -0.3 is 0 Å². The van der Waals surface area contributed by atoms with Crippen molar-refractivity contribution in [3.63, 3.8) is 0 Å². The predicted octanol–water partition coefficient (Wildman–Crippen LogP) is 5.43. The third kappa shape index (κ3) is 3.74. The van der Waals surface area contributed by atoms with E-state index >= 15 is 0 Å². The summed E-state index contributed by atoms with van der Waals surface area (Å²) < 4.78 is 129. The molecule has 0 aliphatic carbocycles. The molecule has 0 bridgehead atoms. The van der Waals surface area contributed by atoms with Crippen LogP contribution in [-0.4, -0.2) is 12.1 Å². The summed E-state index contributed by atoms with van der Waals surface area (Å²) in [5.74, 6) is -13.1. The molecule has 0 unspecified atom stereocenters. The second-order valence-corrected chi connectivity index (χ2v) is 4.73. The Morgan fingerprint density at radius 3 is 1.69 bits per heavy atom. The summed E-state index contributed by atoms with van der Waals surface area (Å²) in [6, 6.07) is 2.45. The molecule has 0 N–H and O–H groups in total. The maximum Gasteiger partial charge on any atom is 0.460 e. The van der Waals surface area contributed by atoms with Crippen LogP contribution < -0.4 is 0 Å². The van der Waals surface area contributed by atoms with E-state index in [1.54, 1.807) is 0 Å². The van der Waals surface area contributed by atoms with Crippen molar-refractivity contribution in [3.8, 4) is 12.1 Å². The third-order valence-electron chi connectivity index (χ3n) is 2.99. The van der Waals surface area contributed by atoms with Gasteiger partial charge in [0.15, 0.2) is 0 Å². The minimum atomic E-state index is -6.84. The van der Waals surface area contributed by atoms with Crippen molar-refractivity contribution >= 4 is 6.08 Å². The number of alkyl halides is 10. The Labute approximate surface area is 138 Å². The smallest absolute Gasteiger partial charge is 0.194 e. The van der Waals surface area contributed by atoms with Gasteiger partial charge in [-0.15, -0.1) is 0 Å². The minimum absolute atomic E-state index is 0.145. The number of rotatable bonds is 3. The molecular formula is C14H4F10N2. The molecule has 0 spiro atoms. The monoisotopic (exact) mass is 390 g/mol. The van der Waals surface area contributed by atoms with Gasteiger partial charge in [0.25, 0.3) is 0 Å². The highest BCUT2D eigenvalue weighted by atomic mass is 19.4. The average molecular weight is 390 g/mol. The summed E-state index contributed by atoms with van der Waals surface area (Å²) in [5, 5.41) is 17.0. The lowest BCUT2D eigenvalue weighted by Crippen LogP contribution is -2.50. The lowest BCUT2D eigenvalue weighted by atomic mass is 9.93. The van der Waals surface area contributed by atoms with Crippen LogP contribution >= 0.6 is 0 Å². The number of hydrogen-bond donors (Lipinski definition) is 0. The predicted molar refractivity (Wildman–Crippen MR) is 65.5 cm³/mol. The summed E-state index contributed by atoms with van der Waals surface area (Å²) in [5.41, 5.74) is -6.64. The van der Waals surface area contributed by atoms with Crippen LogP contribution in [0.25, 0.3) is 6.08 Å². The Hall–Kier alpha value is -2.76. The molecule has 0 fully saturated rings. The van der Waals surface area contributed by atoms with E-state index in [1.165, 1.54) is 12.1 Å². The van der Waals surface area contributed by atoms with Gasteiger partial charge in [-0.25, -0.2) is 0 Å². The minimum Gasteiger partial charge on any atom is -0.194 e. The van der Waals surface area contributed by atoms with Crippen LogP contribution in [0.3, 0.4) is 0 Å². The fourth-order valence-corrected chi connectivity index (χ4v) is 1.76. The first-order chi connectivity index (χ1) is 11.6. The Morgan fingerprint density at radius 1 is 0.808 bits per heavy atom. The highest BCUT2D eigenvalue weighted by molar-refractivity contribution is 5.63. The fraction of sp³-hybridized carbons (Fsp3) is 0.286. The highest BCUT2D eigenvalue weighted by Gasteiger charge is 2.74. The molecule has 140 valence electrons. The zero-order chi connectivity index (χ0) is 20.6. The number of nitrogens with zero attached hydrogens (tertiary/aromatic N) is 2. The summed E-state index contributed by atoms with van der Waals surface area (Å²) in [6.07, 6.45) is -12.1. The first kappa shape index (κ1) is 21.3. The van der Waals surface area contributed by atoms with Crippen molar-refractivity contribution in [2.24, 2.45) is 0 Å². The molecule has 0 aliphatic heterocycles. The fourth-order valence-electron chi connectivity index (χ4n) is 1.76. The van der Waals surface area contributed by atoms with Gasteiger partial charge in [0.05, 0.1) is 5.56 Å². The normalized spacial score (nSPS) is 12.9. The Kier molecular flexibility index (Phi) is 5.33. The van der Waals surface area contributed by atoms with Gasteiger partial charge in [0.2, 0.25) is 0 Å². The van der Waals surface area contributed by atoms with Crippen molar-refractivity contribution < 1.29 is 43.9 Å². The van der Waals surface area contributed by atoms with Gasteiger partial charge in [0, 0.05) is 5.56 Å². The van der Waals surface area contributed by atoms with Crippen LogP contribution in [0.4, 0.5) is 43.9 Å². The molecule has 0 radical (unpaired) electrons. The van der Waals surface area contributed by atoms with Crippen LogP contribution in [-0.2, 0) is 12.1 Å². The van der Waals surface area contributed by atoms with E-state index < -0.39 is 46.5 Å². The van der Waals surface area contributed by atoms with Gasteiger partial charge in [-0.1, -0.05) is 6.07 Å². The lowest BCUT2D eigenvalue weighted by Gasteiger charge is -2.30. The number of nitriles is 2. The van der Waals surface area contributed by atoms with Gasteiger partial charge in [-0.05, 0) is 23.8 Å². The van der Waals surface area contributed by atoms with Gasteiger partial charge in [0.1, 0.15) is 17.7 Å². The summed E-state index contributed by atoms with van der Waals surface area (Å²) >= 11 is 0. The highest BCUT2D eigenvalue weighted by Crippen LogP contribution is 2.54. The molecule has 2 nitrogen and oxygen atoms in total. The van der Waals surface area contributed by atoms with E-state index in [9.17, 15) is 43.9 Å². The summed E-state index contributed by atoms with van der Waals surface area (Å²) in [4.78, 5) is 0. The van der Waals surface area contributed by atoms with Crippen LogP contribution in [0, 0.1) is 22.7 Å². The van der Waals surface area contributed by atoms with E-state index in [4.69, 9.17) is 10.5 Å². The molecular weight excluding hydrogens is 386 g/mol. The van der Waals surface area contributed by atoms with Gasteiger partial charge in [-0.3, -0.25) is 0 Å². The van der Waals surface area contributed by atoms with E-state index in [0.717, 1.165) is 0 Å². The SMILES string of the molecule is N#CC(C#N)=Cc1ccc(C(F)(F)F)c(C(F)(F)C(F)(F)C(F)(F)F)c1. The molecule has 0 saturated carbocycles. The standard InChI is InChI=1S/C14H4F10N2/c15-11(16,13(20,21)14(22,23)24)10-4-7(3-8(5-25)6-26)1-2-9(10)12(17,18)19/h1-4H. The molecule has 1 aromatic carbocycles. The Morgan fingerprint density at radius 2 is 1.31 bits per heavy atom. The summed E-state index contributed by atoms with van der Waals surface area (Å²) in [6.45, 7) is 0. The quantitative estimate of drug-likeness (QED) is 0.511. The van der Waals surface area contributed by atoms with Gasteiger partial charge >= 0.3 is 24.2 Å². The molecule has 1 aromatic rings. The van der Waals surface area contributed by atoms with Crippen molar-refractivity contribution in [1.82, 2.24) is 0 Å². The second kappa shape index (κ2) is 6.52. The largest absolute Gasteiger partial charge is 0.460 e. The van der Waals surface area contributed by atoms with Crippen molar-refractivity contribution in [2.45, 2.75) is 24.2 Å². The first-order valence-corrected chi connectivity index (χ1v) is 6.15.